The maximum atomic E-state index is 12.7. The molecule has 0 spiro atoms. The lowest BCUT2D eigenvalue weighted by molar-refractivity contribution is -0.140. The van der Waals surface area contributed by atoms with Gasteiger partial charge >= 0.3 is 11.9 Å². The van der Waals surface area contributed by atoms with E-state index in [0.29, 0.717) is 23.3 Å². The van der Waals surface area contributed by atoms with Crippen molar-refractivity contribution in [2.45, 2.75) is 47.1 Å². The van der Waals surface area contributed by atoms with Crippen LogP contribution in [0.2, 0.25) is 0 Å². The first-order valence-electron chi connectivity index (χ1n) is 14.4. The van der Waals surface area contributed by atoms with Crippen molar-refractivity contribution in [1.29, 1.82) is 0 Å². The lowest BCUT2D eigenvalue weighted by Crippen LogP contribution is -2.32. The van der Waals surface area contributed by atoms with E-state index in [9.17, 15) is 19.8 Å². The van der Waals surface area contributed by atoms with Crippen LogP contribution in [0.5, 0.6) is 5.75 Å². The smallest absolute Gasteiger partial charge is 0.338 e. The minimum absolute atomic E-state index is 0.0684. The van der Waals surface area contributed by atoms with Crippen molar-refractivity contribution in [2.75, 3.05) is 26.4 Å². The molecular formula is C36H42O7. The van der Waals surface area contributed by atoms with E-state index >= 15 is 0 Å². The van der Waals surface area contributed by atoms with Gasteiger partial charge < -0.3 is 24.4 Å². The molecule has 2 N–H and O–H groups in total. The summed E-state index contributed by atoms with van der Waals surface area (Å²) in [6.45, 7) is 14.2. The number of aliphatic hydroxyl groups excluding tert-OH is 2. The molecule has 7 nitrogen and oxygen atoms in total. The van der Waals surface area contributed by atoms with Crippen LogP contribution in [0.1, 0.15) is 44.4 Å². The Balaban J connectivity index is 2.10. The molecule has 0 radical (unpaired) electrons. The summed E-state index contributed by atoms with van der Waals surface area (Å²) in [6, 6.07) is 20.2. The quantitative estimate of drug-likeness (QED) is 0.0942. The highest BCUT2D eigenvalue weighted by molar-refractivity contribution is 5.89. The second-order valence-corrected chi connectivity index (χ2v) is 11.2. The van der Waals surface area contributed by atoms with E-state index in [1.807, 2.05) is 30.3 Å². The van der Waals surface area contributed by atoms with E-state index < -0.39 is 17.4 Å². The molecule has 0 atom stereocenters. The zero-order valence-electron chi connectivity index (χ0n) is 25.6. The number of aliphatic hydroxyl groups is 2. The maximum absolute atomic E-state index is 12.7. The Morgan fingerprint density at radius 1 is 0.837 bits per heavy atom. The average molecular weight is 587 g/mol. The summed E-state index contributed by atoms with van der Waals surface area (Å²) >= 11 is 0. The molecule has 0 unspecified atom stereocenters. The lowest BCUT2D eigenvalue weighted by atomic mass is 9.91. The van der Waals surface area contributed by atoms with E-state index in [-0.39, 0.29) is 44.2 Å². The van der Waals surface area contributed by atoms with Crippen LogP contribution < -0.4 is 4.74 Å². The van der Waals surface area contributed by atoms with Crippen molar-refractivity contribution >= 4 is 11.9 Å². The number of carbonyl (C=O) groups is 2. The molecule has 0 saturated carbocycles. The molecule has 3 aromatic carbocycles. The van der Waals surface area contributed by atoms with Gasteiger partial charge in [0.1, 0.15) is 12.4 Å². The Morgan fingerprint density at radius 3 is 2.09 bits per heavy atom. The van der Waals surface area contributed by atoms with Crippen LogP contribution in [-0.2, 0) is 38.5 Å². The number of carbonyl (C=O) groups excluding carboxylic acids is 2. The molecule has 0 saturated heterocycles. The molecule has 228 valence electrons. The van der Waals surface area contributed by atoms with Crippen LogP contribution in [0.4, 0.5) is 0 Å². The van der Waals surface area contributed by atoms with Crippen LogP contribution in [0.15, 0.2) is 85.0 Å². The summed E-state index contributed by atoms with van der Waals surface area (Å²) in [7, 11) is 0. The van der Waals surface area contributed by atoms with Gasteiger partial charge in [-0.25, -0.2) is 9.59 Å². The van der Waals surface area contributed by atoms with E-state index in [1.54, 1.807) is 20.8 Å². The molecule has 0 amide bonds. The molecule has 0 fully saturated rings. The minimum atomic E-state index is -0.790. The summed E-state index contributed by atoms with van der Waals surface area (Å²) in [5.41, 5.74) is 6.10. The van der Waals surface area contributed by atoms with Gasteiger partial charge in [0.15, 0.2) is 0 Å². The van der Waals surface area contributed by atoms with Crippen molar-refractivity contribution in [3.63, 3.8) is 0 Å². The second kappa shape index (κ2) is 15.4. The molecule has 0 aliphatic rings. The molecule has 7 heteroatoms. The van der Waals surface area contributed by atoms with Gasteiger partial charge in [-0.2, -0.15) is 0 Å². The Hall–Kier alpha value is -4.04. The third kappa shape index (κ3) is 8.97. The van der Waals surface area contributed by atoms with E-state index in [2.05, 4.69) is 50.4 Å². The second-order valence-electron chi connectivity index (χ2n) is 11.2. The molecule has 0 aliphatic heterocycles. The first-order chi connectivity index (χ1) is 20.5. The van der Waals surface area contributed by atoms with Crippen molar-refractivity contribution in [3.8, 4) is 28.0 Å². The van der Waals surface area contributed by atoms with Gasteiger partial charge in [0.25, 0.3) is 0 Å². The summed E-state index contributed by atoms with van der Waals surface area (Å²) in [6.07, 6.45) is 1.08. The fourth-order valence-corrected chi connectivity index (χ4v) is 4.43. The highest BCUT2D eigenvalue weighted by Gasteiger charge is 2.24. The Labute approximate surface area is 254 Å². The summed E-state index contributed by atoms with van der Waals surface area (Å²) in [5, 5.41) is 19.2. The number of rotatable bonds is 15. The van der Waals surface area contributed by atoms with Crippen LogP contribution in [0, 0.1) is 5.41 Å². The number of hydrogen-bond acceptors (Lipinski definition) is 7. The standard InChI is InChI=1S/C36H42O7/c1-7-26-17-28(27-11-9-8-10-12-27)13-14-31(26)29-18-30(20-42-34(39)24(2)3)32(33(19-29)43-35(40)25(4)5)15-16-41-23-36(6,21-37)22-38/h8-14,17-19,37-38H,2,4,7,15-16,20-23H2,1,3,5-6H3. The van der Waals surface area contributed by atoms with Crippen molar-refractivity contribution in [3.05, 3.63) is 102 Å². The third-order valence-corrected chi connectivity index (χ3v) is 7.17. The van der Waals surface area contributed by atoms with Crippen molar-refractivity contribution in [2.24, 2.45) is 5.41 Å². The number of benzene rings is 3. The van der Waals surface area contributed by atoms with Crippen LogP contribution in [0.25, 0.3) is 22.3 Å². The predicted molar refractivity (Wildman–Crippen MR) is 169 cm³/mol. The highest BCUT2D eigenvalue weighted by Crippen LogP contribution is 2.36. The van der Waals surface area contributed by atoms with Crippen LogP contribution >= 0.6 is 0 Å². The fourth-order valence-electron chi connectivity index (χ4n) is 4.43. The van der Waals surface area contributed by atoms with Gasteiger partial charge in [0.05, 0.1) is 26.4 Å². The topological polar surface area (TPSA) is 102 Å². The minimum Gasteiger partial charge on any atom is -0.457 e. The summed E-state index contributed by atoms with van der Waals surface area (Å²) in [5.74, 6) is -0.791. The molecule has 3 aromatic rings. The van der Waals surface area contributed by atoms with Gasteiger partial charge in [-0.05, 0) is 72.2 Å². The van der Waals surface area contributed by atoms with Gasteiger partial charge in [0.2, 0.25) is 0 Å². The first kappa shape index (κ1) is 33.5. The van der Waals surface area contributed by atoms with Gasteiger partial charge in [0, 0.05) is 22.1 Å². The molecule has 0 aliphatic carbocycles. The third-order valence-electron chi connectivity index (χ3n) is 7.17. The van der Waals surface area contributed by atoms with E-state index in [1.165, 1.54) is 0 Å². The van der Waals surface area contributed by atoms with Crippen LogP contribution in [0.3, 0.4) is 0 Å². The van der Waals surface area contributed by atoms with Crippen LogP contribution in [-0.4, -0.2) is 48.6 Å². The summed E-state index contributed by atoms with van der Waals surface area (Å²) in [4.78, 5) is 25.1. The molecular weight excluding hydrogens is 544 g/mol. The number of aryl methyl sites for hydroxylation is 1. The SMILES string of the molecule is C=C(C)C(=O)OCc1cc(-c2ccc(-c3ccccc3)cc2CC)cc(OC(=O)C(=C)C)c1CCOCC(C)(CO)CO. The fraction of sp³-hybridized carbons (Fsp3) is 0.333. The average Bonchev–Trinajstić information content (AvgIpc) is 3.02. The van der Waals surface area contributed by atoms with E-state index in [0.717, 1.165) is 34.2 Å². The summed E-state index contributed by atoms with van der Waals surface area (Å²) < 4.78 is 17.2. The van der Waals surface area contributed by atoms with Crippen molar-refractivity contribution in [1.82, 2.24) is 0 Å². The Kier molecular flexibility index (Phi) is 12.0. The molecule has 0 bridgehead atoms. The Bertz CT molecular complexity index is 1450. The lowest BCUT2D eigenvalue weighted by Gasteiger charge is -2.24. The maximum Gasteiger partial charge on any atom is 0.338 e. The van der Waals surface area contributed by atoms with Crippen molar-refractivity contribution < 1.29 is 34.0 Å². The number of esters is 2. The van der Waals surface area contributed by atoms with Gasteiger partial charge in [-0.1, -0.05) is 75.5 Å². The Morgan fingerprint density at radius 2 is 1.49 bits per heavy atom. The predicted octanol–water partition coefficient (Wildman–Crippen LogP) is 6.23. The van der Waals surface area contributed by atoms with Gasteiger partial charge in [-0.15, -0.1) is 0 Å². The molecule has 43 heavy (non-hydrogen) atoms. The zero-order chi connectivity index (χ0) is 31.6. The molecule has 3 rings (SSSR count). The number of ether oxygens (including phenoxy) is 3. The van der Waals surface area contributed by atoms with E-state index in [4.69, 9.17) is 14.2 Å². The molecule has 0 aromatic heterocycles. The zero-order valence-corrected chi connectivity index (χ0v) is 25.6. The monoisotopic (exact) mass is 586 g/mol. The normalized spacial score (nSPS) is 11.2. The number of hydrogen-bond donors (Lipinski definition) is 2. The molecule has 0 heterocycles. The van der Waals surface area contributed by atoms with Gasteiger partial charge in [-0.3, -0.25) is 0 Å². The highest BCUT2D eigenvalue weighted by atomic mass is 16.5. The largest absolute Gasteiger partial charge is 0.457 e. The first-order valence-corrected chi connectivity index (χ1v) is 14.4.